The largest absolute Gasteiger partial charge is 0.390 e. The fraction of sp³-hybridized carbons (Fsp3) is 1.00. The number of rotatable bonds is 0. The summed E-state index contributed by atoms with van der Waals surface area (Å²) in [5.41, 5.74) is 0.787. The fourth-order valence-corrected chi connectivity index (χ4v) is 5.07. The van der Waals surface area contributed by atoms with E-state index in [0.29, 0.717) is 10.8 Å². The molecule has 4 saturated carbocycles. The van der Waals surface area contributed by atoms with Crippen LogP contribution in [0.4, 0.5) is 0 Å². The first-order valence-electron chi connectivity index (χ1n) is 6.08. The topological polar surface area (TPSA) is 20.2 Å². The summed E-state index contributed by atoms with van der Waals surface area (Å²) < 4.78 is 0. The molecule has 4 aliphatic rings. The molecule has 2 atom stereocenters. The smallest absolute Gasteiger partial charge is 0.0630 e. The summed E-state index contributed by atoms with van der Waals surface area (Å²) in [7, 11) is 0. The normalized spacial score (nSPS) is 59.1. The molecule has 2 unspecified atom stereocenters. The lowest BCUT2D eigenvalue weighted by molar-refractivity contribution is -0.245. The lowest BCUT2D eigenvalue weighted by Crippen LogP contribution is -2.65. The molecule has 1 N–H and O–H groups in total. The third-order valence-electron chi connectivity index (χ3n) is 5.67. The molecule has 1 nitrogen and oxygen atoms in total. The zero-order valence-electron chi connectivity index (χ0n) is 9.64. The van der Waals surface area contributed by atoms with Crippen molar-refractivity contribution >= 4 is 0 Å². The van der Waals surface area contributed by atoms with Crippen molar-refractivity contribution in [3.05, 3.63) is 0 Å². The second-order valence-electron chi connectivity index (χ2n) is 7.06. The van der Waals surface area contributed by atoms with Gasteiger partial charge in [0.25, 0.3) is 0 Å². The van der Waals surface area contributed by atoms with Gasteiger partial charge in [-0.15, -0.1) is 0 Å². The van der Waals surface area contributed by atoms with E-state index in [4.69, 9.17) is 0 Å². The Morgan fingerprint density at radius 1 is 1.14 bits per heavy atom. The number of hydrogen-bond donors (Lipinski definition) is 1. The Kier molecular flexibility index (Phi) is 1.45. The van der Waals surface area contributed by atoms with Gasteiger partial charge in [-0.05, 0) is 61.7 Å². The molecule has 0 saturated heterocycles. The van der Waals surface area contributed by atoms with Gasteiger partial charge in [-0.3, -0.25) is 0 Å². The van der Waals surface area contributed by atoms with Crippen LogP contribution >= 0.6 is 0 Å². The van der Waals surface area contributed by atoms with Crippen molar-refractivity contribution in [2.75, 3.05) is 0 Å². The molecule has 4 fully saturated rings. The van der Waals surface area contributed by atoms with Gasteiger partial charge >= 0.3 is 0 Å². The van der Waals surface area contributed by atoms with E-state index in [2.05, 4.69) is 13.8 Å². The average molecular weight is 194 g/mol. The summed E-state index contributed by atoms with van der Waals surface area (Å²) in [6, 6.07) is 0. The maximum atomic E-state index is 9.94. The van der Waals surface area contributed by atoms with Crippen molar-refractivity contribution in [1.82, 2.24) is 0 Å². The standard InChI is InChI=1S/C13H22O/c1-11(2)9-4-5-13(10(11)6-9)7-12(3,14)8-13/h9-10,14H,4-8H2,1-3H3. The molecule has 0 aromatic heterocycles. The van der Waals surface area contributed by atoms with Gasteiger partial charge in [0, 0.05) is 0 Å². The summed E-state index contributed by atoms with van der Waals surface area (Å²) in [5, 5.41) is 9.94. The Bertz CT molecular complexity index is 267. The lowest BCUT2D eigenvalue weighted by Gasteiger charge is -2.71. The van der Waals surface area contributed by atoms with Gasteiger partial charge in [-0.2, -0.15) is 0 Å². The molecule has 0 radical (unpaired) electrons. The minimum atomic E-state index is -0.335. The van der Waals surface area contributed by atoms with Crippen LogP contribution in [-0.2, 0) is 0 Å². The van der Waals surface area contributed by atoms with Crippen LogP contribution in [0.15, 0.2) is 0 Å². The molecule has 0 aliphatic heterocycles. The first kappa shape index (κ1) is 9.21. The van der Waals surface area contributed by atoms with Crippen LogP contribution in [0.3, 0.4) is 0 Å². The van der Waals surface area contributed by atoms with Crippen LogP contribution < -0.4 is 0 Å². The van der Waals surface area contributed by atoms with Gasteiger partial charge in [-0.25, -0.2) is 0 Å². The summed E-state index contributed by atoms with van der Waals surface area (Å²) in [5.74, 6) is 1.90. The van der Waals surface area contributed by atoms with Crippen molar-refractivity contribution in [2.45, 2.75) is 58.5 Å². The van der Waals surface area contributed by atoms with E-state index >= 15 is 0 Å². The summed E-state index contributed by atoms with van der Waals surface area (Å²) in [6.45, 7) is 6.90. The van der Waals surface area contributed by atoms with Gasteiger partial charge in [0.2, 0.25) is 0 Å². The maximum absolute atomic E-state index is 9.94. The van der Waals surface area contributed by atoms with E-state index in [9.17, 15) is 5.11 Å². The van der Waals surface area contributed by atoms with Crippen molar-refractivity contribution in [2.24, 2.45) is 22.7 Å². The van der Waals surface area contributed by atoms with Crippen molar-refractivity contribution in [3.63, 3.8) is 0 Å². The van der Waals surface area contributed by atoms with Crippen LogP contribution in [0.2, 0.25) is 0 Å². The van der Waals surface area contributed by atoms with Crippen molar-refractivity contribution in [1.29, 1.82) is 0 Å². The second kappa shape index (κ2) is 2.21. The van der Waals surface area contributed by atoms with Crippen LogP contribution in [-0.4, -0.2) is 10.7 Å². The van der Waals surface area contributed by atoms with Gasteiger partial charge in [0.15, 0.2) is 0 Å². The highest BCUT2D eigenvalue weighted by Gasteiger charge is 2.66. The minimum Gasteiger partial charge on any atom is -0.390 e. The Labute approximate surface area is 86.9 Å². The molecule has 1 spiro atoms. The highest BCUT2D eigenvalue weighted by atomic mass is 16.3. The second-order valence-corrected chi connectivity index (χ2v) is 7.06. The van der Waals surface area contributed by atoms with Crippen molar-refractivity contribution in [3.8, 4) is 0 Å². The van der Waals surface area contributed by atoms with Gasteiger partial charge in [0.05, 0.1) is 5.60 Å². The average Bonchev–Trinajstić information content (AvgIpc) is 2.00. The monoisotopic (exact) mass is 194 g/mol. The van der Waals surface area contributed by atoms with Gasteiger partial charge in [-0.1, -0.05) is 13.8 Å². The zero-order valence-corrected chi connectivity index (χ0v) is 9.64. The van der Waals surface area contributed by atoms with Crippen molar-refractivity contribution < 1.29 is 5.11 Å². The molecule has 0 heterocycles. The molecule has 14 heavy (non-hydrogen) atoms. The zero-order chi connectivity index (χ0) is 10.2. The Hall–Kier alpha value is -0.0400. The molecule has 4 aliphatic carbocycles. The highest BCUT2D eigenvalue weighted by molar-refractivity contribution is 5.16. The van der Waals surface area contributed by atoms with Crippen LogP contribution in [0.5, 0.6) is 0 Å². The molecule has 0 aromatic rings. The molecule has 1 heteroatoms. The van der Waals surface area contributed by atoms with Crippen LogP contribution in [0.25, 0.3) is 0 Å². The molecular weight excluding hydrogens is 172 g/mol. The number of aliphatic hydroxyl groups is 1. The SMILES string of the molecule is CC1(O)CC2(CCC3CC2C3(C)C)C1. The van der Waals surface area contributed by atoms with E-state index < -0.39 is 0 Å². The predicted molar refractivity (Wildman–Crippen MR) is 56.9 cm³/mol. The van der Waals surface area contributed by atoms with Gasteiger partial charge in [0.1, 0.15) is 0 Å². The summed E-state index contributed by atoms with van der Waals surface area (Å²) in [6.07, 6.45) is 6.40. The third kappa shape index (κ3) is 0.900. The van der Waals surface area contributed by atoms with E-state index in [-0.39, 0.29) is 5.60 Å². The number of fused-ring (bicyclic) bond motifs is 1. The molecule has 4 rings (SSSR count). The van der Waals surface area contributed by atoms with Gasteiger partial charge < -0.3 is 5.11 Å². The van der Waals surface area contributed by atoms with E-state index in [1.807, 2.05) is 6.92 Å². The lowest BCUT2D eigenvalue weighted by atomic mass is 9.35. The third-order valence-corrected chi connectivity index (χ3v) is 5.67. The molecule has 80 valence electrons. The molecular formula is C13H22O. The molecule has 0 amide bonds. The van der Waals surface area contributed by atoms with E-state index in [1.165, 1.54) is 19.3 Å². The summed E-state index contributed by atoms with van der Waals surface area (Å²) >= 11 is 0. The predicted octanol–water partition coefficient (Wildman–Crippen LogP) is 2.97. The fourth-order valence-electron chi connectivity index (χ4n) is 5.07. The van der Waals surface area contributed by atoms with E-state index in [1.54, 1.807) is 0 Å². The Balaban J connectivity index is 1.84. The number of hydrogen-bond acceptors (Lipinski definition) is 1. The highest BCUT2D eigenvalue weighted by Crippen LogP contribution is 2.73. The quantitative estimate of drug-likeness (QED) is 0.628. The van der Waals surface area contributed by atoms with E-state index in [0.717, 1.165) is 24.7 Å². The molecule has 2 bridgehead atoms. The Morgan fingerprint density at radius 2 is 1.79 bits per heavy atom. The first-order chi connectivity index (χ1) is 6.36. The first-order valence-corrected chi connectivity index (χ1v) is 6.08. The van der Waals surface area contributed by atoms with Crippen LogP contribution in [0.1, 0.15) is 52.9 Å². The Morgan fingerprint density at radius 3 is 2.21 bits per heavy atom. The molecule has 0 aromatic carbocycles. The minimum absolute atomic E-state index is 0.335. The van der Waals surface area contributed by atoms with Crippen LogP contribution in [0, 0.1) is 22.7 Å². The summed E-state index contributed by atoms with van der Waals surface area (Å²) in [4.78, 5) is 0. The maximum Gasteiger partial charge on any atom is 0.0630 e.